The van der Waals surface area contributed by atoms with Gasteiger partial charge in [-0.15, -0.1) is 0 Å². The summed E-state index contributed by atoms with van der Waals surface area (Å²) in [4.78, 5) is 4.31. The van der Waals surface area contributed by atoms with E-state index in [1.54, 1.807) is 7.05 Å². The number of aliphatic imine (C=N–C) groups is 1. The van der Waals surface area contributed by atoms with Gasteiger partial charge in [-0.25, -0.2) is 8.42 Å². The van der Waals surface area contributed by atoms with E-state index >= 15 is 0 Å². The molecule has 3 rings (SSSR count). The fourth-order valence-electron chi connectivity index (χ4n) is 4.27. The van der Waals surface area contributed by atoms with Gasteiger partial charge in [-0.05, 0) is 38.5 Å². The first kappa shape index (κ1) is 17.0. The third-order valence-electron chi connectivity index (χ3n) is 5.86. The molecule has 2 aliphatic carbocycles. The molecule has 0 aromatic rings. The van der Waals surface area contributed by atoms with Gasteiger partial charge in [0, 0.05) is 31.7 Å². The number of hydrogen-bond acceptors (Lipinski definition) is 4. The van der Waals surface area contributed by atoms with Gasteiger partial charge in [0.1, 0.15) is 0 Å². The van der Waals surface area contributed by atoms with E-state index in [2.05, 4.69) is 22.5 Å². The monoisotopic (exact) mass is 343 g/mol. The number of nitrogens with zero attached hydrogens (tertiary/aromatic N) is 1. The second-order valence-electron chi connectivity index (χ2n) is 7.19. The molecule has 1 aliphatic heterocycles. The zero-order valence-electron chi connectivity index (χ0n) is 14.2. The molecule has 3 fully saturated rings. The van der Waals surface area contributed by atoms with Crippen LogP contribution in [-0.2, 0) is 14.6 Å². The first-order valence-electron chi connectivity index (χ1n) is 8.78. The lowest BCUT2D eigenvalue weighted by molar-refractivity contribution is -0.168. The van der Waals surface area contributed by atoms with Crippen molar-refractivity contribution >= 4 is 15.8 Å². The number of nitrogens with one attached hydrogen (secondary N) is 2. The molecule has 3 atom stereocenters. The van der Waals surface area contributed by atoms with Crippen molar-refractivity contribution in [1.29, 1.82) is 0 Å². The highest BCUT2D eigenvalue weighted by atomic mass is 32.2. The van der Waals surface area contributed by atoms with Gasteiger partial charge in [0.2, 0.25) is 0 Å². The van der Waals surface area contributed by atoms with Crippen LogP contribution in [0.15, 0.2) is 4.99 Å². The summed E-state index contributed by atoms with van der Waals surface area (Å²) in [6.45, 7) is 3.51. The molecule has 3 aliphatic rings. The highest BCUT2D eigenvalue weighted by Gasteiger charge is 2.59. The Bertz CT molecular complexity index is 557. The van der Waals surface area contributed by atoms with Crippen LogP contribution in [0.5, 0.6) is 0 Å². The molecule has 1 heterocycles. The average Bonchev–Trinajstić information content (AvgIpc) is 2.78. The molecule has 0 bridgehead atoms. The summed E-state index contributed by atoms with van der Waals surface area (Å²) in [5.41, 5.74) is 0.296. The minimum atomic E-state index is -2.81. The zero-order valence-corrected chi connectivity index (χ0v) is 15.0. The molecule has 23 heavy (non-hydrogen) atoms. The highest BCUT2D eigenvalue weighted by molar-refractivity contribution is 7.91. The van der Waals surface area contributed by atoms with Crippen LogP contribution in [0.4, 0.5) is 0 Å². The maximum atomic E-state index is 11.5. The third kappa shape index (κ3) is 3.36. The van der Waals surface area contributed by atoms with E-state index in [0.29, 0.717) is 35.6 Å². The molecule has 7 heteroatoms. The quantitative estimate of drug-likeness (QED) is 0.573. The van der Waals surface area contributed by atoms with Crippen LogP contribution >= 0.6 is 0 Å². The summed E-state index contributed by atoms with van der Waals surface area (Å²) in [6, 6.07) is 0.423. The van der Waals surface area contributed by atoms with Gasteiger partial charge in [-0.3, -0.25) is 4.99 Å². The molecule has 0 aromatic heterocycles. The van der Waals surface area contributed by atoms with E-state index in [-0.39, 0.29) is 5.92 Å². The maximum Gasteiger partial charge on any atom is 0.191 e. The van der Waals surface area contributed by atoms with Crippen molar-refractivity contribution in [2.75, 3.05) is 31.7 Å². The number of hydrogen-bond donors (Lipinski definition) is 2. The van der Waals surface area contributed by atoms with Crippen molar-refractivity contribution in [3.63, 3.8) is 0 Å². The Morgan fingerprint density at radius 2 is 2.17 bits per heavy atom. The van der Waals surface area contributed by atoms with Crippen molar-refractivity contribution in [1.82, 2.24) is 10.6 Å². The Labute approximate surface area is 139 Å². The summed E-state index contributed by atoms with van der Waals surface area (Å²) >= 11 is 0. The Hall–Kier alpha value is -0.820. The second-order valence-corrected chi connectivity index (χ2v) is 9.41. The lowest BCUT2D eigenvalue weighted by atomic mass is 9.51. The molecule has 0 aromatic carbocycles. The topological polar surface area (TPSA) is 79.8 Å². The van der Waals surface area contributed by atoms with Crippen molar-refractivity contribution in [2.24, 2.45) is 16.3 Å². The van der Waals surface area contributed by atoms with E-state index in [4.69, 9.17) is 4.74 Å². The van der Waals surface area contributed by atoms with Crippen LogP contribution in [0.3, 0.4) is 0 Å². The average molecular weight is 343 g/mol. The number of guanidine groups is 1. The minimum Gasteiger partial charge on any atom is -0.378 e. The van der Waals surface area contributed by atoms with Gasteiger partial charge in [0.25, 0.3) is 0 Å². The van der Waals surface area contributed by atoms with Crippen LogP contribution in [0, 0.1) is 11.3 Å². The Balaban J connectivity index is 1.49. The maximum absolute atomic E-state index is 11.5. The normalized spacial score (nSPS) is 34.7. The van der Waals surface area contributed by atoms with Gasteiger partial charge in [0.05, 0.1) is 17.6 Å². The van der Waals surface area contributed by atoms with E-state index in [1.807, 2.05) is 0 Å². The van der Waals surface area contributed by atoms with Crippen LogP contribution in [0.1, 0.15) is 39.0 Å². The zero-order chi connectivity index (χ0) is 16.5. The Kier molecular flexibility index (Phi) is 4.88. The Morgan fingerprint density at radius 1 is 1.39 bits per heavy atom. The summed E-state index contributed by atoms with van der Waals surface area (Å²) in [5.74, 6) is 1.62. The molecule has 0 amide bonds. The summed E-state index contributed by atoms with van der Waals surface area (Å²) < 4.78 is 28.9. The van der Waals surface area contributed by atoms with Crippen LogP contribution in [0.2, 0.25) is 0 Å². The first-order valence-corrected chi connectivity index (χ1v) is 10.6. The number of sulfone groups is 1. The third-order valence-corrected chi connectivity index (χ3v) is 7.69. The standard InChI is InChI=1S/C16H29N3O3S/c1-3-22-14-9-13(16(14)6-4-7-16)19-15(17-2)18-10-12-5-8-23(20,21)11-12/h12-14H,3-11H2,1-2H3,(H2,17,18,19). The van der Waals surface area contributed by atoms with E-state index in [0.717, 1.165) is 25.4 Å². The molecule has 2 N–H and O–H groups in total. The molecule has 132 valence electrons. The lowest BCUT2D eigenvalue weighted by Gasteiger charge is -2.61. The number of rotatable bonds is 5. The van der Waals surface area contributed by atoms with Gasteiger partial charge in [-0.1, -0.05) is 6.42 Å². The van der Waals surface area contributed by atoms with Crippen LogP contribution in [-0.4, -0.2) is 58.2 Å². The van der Waals surface area contributed by atoms with Crippen molar-refractivity contribution < 1.29 is 13.2 Å². The van der Waals surface area contributed by atoms with Crippen LogP contribution < -0.4 is 10.6 Å². The number of ether oxygens (including phenoxy) is 1. The molecule has 1 spiro atoms. The van der Waals surface area contributed by atoms with E-state index < -0.39 is 9.84 Å². The summed E-state index contributed by atoms with van der Waals surface area (Å²) in [6.07, 6.45) is 5.92. The van der Waals surface area contributed by atoms with Crippen molar-refractivity contribution in [3.05, 3.63) is 0 Å². The molecule has 0 radical (unpaired) electrons. The minimum absolute atomic E-state index is 0.203. The van der Waals surface area contributed by atoms with Gasteiger partial charge in [0.15, 0.2) is 15.8 Å². The predicted octanol–water partition coefficient (Wildman–Crippen LogP) is 0.934. The molecule has 2 saturated carbocycles. The van der Waals surface area contributed by atoms with E-state index in [9.17, 15) is 8.42 Å². The molecule has 6 nitrogen and oxygen atoms in total. The Morgan fingerprint density at radius 3 is 2.70 bits per heavy atom. The molecular formula is C16H29N3O3S. The van der Waals surface area contributed by atoms with Crippen molar-refractivity contribution in [2.45, 2.75) is 51.2 Å². The van der Waals surface area contributed by atoms with Gasteiger partial charge < -0.3 is 15.4 Å². The smallest absolute Gasteiger partial charge is 0.191 e. The largest absolute Gasteiger partial charge is 0.378 e. The second kappa shape index (κ2) is 6.59. The van der Waals surface area contributed by atoms with Crippen LogP contribution in [0.25, 0.3) is 0 Å². The predicted molar refractivity (Wildman–Crippen MR) is 91.4 cm³/mol. The van der Waals surface area contributed by atoms with Gasteiger partial charge >= 0.3 is 0 Å². The fraction of sp³-hybridized carbons (Fsp3) is 0.938. The molecular weight excluding hydrogens is 314 g/mol. The van der Waals surface area contributed by atoms with E-state index in [1.165, 1.54) is 19.3 Å². The molecule has 3 unspecified atom stereocenters. The first-order chi connectivity index (χ1) is 11.0. The summed E-state index contributed by atoms with van der Waals surface area (Å²) in [7, 11) is -1.04. The fourth-order valence-corrected chi connectivity index (χ4v) is 6.14. The van der Waals surface area contributed by atoms with Gasteiger partial charge in [-0.2, -0.15) is 0 Å². The SMILES string of the molecule is CCOC1CC(NC(=NC)NCC2CCS(=O)(=O)C2)C12CCC2. The molecule has 1 saturated heterocycles. The highest BCUT2D eigenvalue weighted by Crippen LogP contribution is 2.57. The lowest BCUT2D eigenvalue weighted by Crippen LogP contribution is -2.68. The summed E-state index contributed by atoms with van der Waals surface area (Å²) in [5, 5.41) is 6.85. The van der Waals surface area contributed by atoms with Crippen molar-refractivity contribution in [3.8, 4) is 0 Å².